The number of nitrogens with zero attached hydrogens (tertiary/aromatic N) is 3. The van der Waals surface area contributed by atoms with Crippen LogP contribution in [0.4, 0.5) is 17.3 Å². The lowest BCUT2D eigenvalue weighted by Crippen LogP contribution is -2.48. The second kappa shape index (κ2) is 14.8. The van der Waals surface area contributed by atoms with Crippen molar-refractivity contribution in [2.75, 3.05) is 41.7 Å². The molecule has 2 aromatic carbocycles. The summed E-state index contributed by atoms with van der Waals surface area (Å²) < 4.78 is 5.67. The summed E-state index contributed by atoms with van der Waals surface area (Å²) in [5.74, 6) is 1.46. The van der Waals surface area contributed by atoms with Crippen LogP contribution in [0.5, 0.6) is 0 Å². The fraction of sp³-hybridized carbons (Fsp3) is 0.500. The van der Waals surface area contributed by atoms with Crippen LogP contribution in [0.2, 0.25) is 0 Å². The lowest BCUT2D eigenvalue weighted by molar-refractivity contribution is -0.158. The number of fused-ring (bicyclic) bond motifs is 1. The molecule has 1 amide bonds. The van der Waals surface area contributed by atoms with Crippen LogP contribution in [0, 0.1) is 0 Å². The van der Waals surface area contributed by atoms with Gasteiger partial charge in [-0.25, -0.2) is 14.8 Å². The number of ether oxygens (including phenoxy) is 1. The average molecular weight is 613 g/mol. The Hall–Kier alpha value is -4.14. The number of hydrogen-bond donors (Lipinski definition) is 3. The summed E-state index contributed by atoms with van der Waals surface area (Å²) in [7, 11) is 0. The molecular weight excluding hydrogens is 564 g/mol. The monoisotopic (exact) mass is 612 g/mol. The van der Waals surface area contributed by atoms with Gasteiger partial charge < -0.3 is 25.6 Å². The van der Waals surface area contributed by atoms with Gasteiger partial charge in [-0.3, -0.25) is 4.79 Å². The van der Waals surface area contributed by atoms with Gasteiger partial charge in [0.25, 0.3) is 0 Å². The van der Waals surface area contributed by atoms with Crippen molar-refractivity contribution in [2.45, 2.75) is 90.2 Å². The van der Waals surface area contributed by atoms with E-state index in [0.29, 0.717) is 18.2 Å². The summed E-state index contributed by atoms with van der Waals surface area (Å²) in [5.41, 5.74) is 5.55. The molecule has 3 aromatic rings. The molecule has 2 aliphatic heterocycles. The molecule has 5 rings (SSSR count). The van der Waals surface area contributed by atoms with Crippen molar-refractivity contribution in [2.24, 2.45) is 0 Å². The number of esters is 1. The molecule has 1 saturated heterocycles. The first-order valence-electron chi connectivity index (χ1n) is 16.5. The van der Waals surface area contributed by atoms with Gasteiger partial charge in [0, 0.05) is 43.9 Å². The van der Waals surface area contributed by atoms with Gasteiger partial charge in [-0.15, -0.1) is 0 Å². The van der Waals surface area contributed by atoms with Gasteiger partial charge in [0.05, 0.1) is 0 Å². The van der Waals surface area contributed by atoms with E-state index in [2.05, 4.69) is 51.0 Å². The lowest BCUT2D eigenvalue weighted by Gasteiger charge is -2.34. The predicted molar refractivity (Wildman–Crippen MR) is 180 cm³/mol. The average Bonchev–Trinajstić information content (AvgIpc) is 3.05. The Morgan fingerprint density at radius 1 is 1.09 bits per heavy atom. The van der Waals surface area contributed by atoms with Crippen LogP contribution in [0.25, 0.3) is 0 Å². The first-order chi connectivity index (χ1) is 21.7. The SMILES string of the molecule is CCc1c(NC[C@H](NC(=O)CCc2ccccc2)C(=O)OC(C)(C)C)ncnc1N1CCC(c2ccc3c(c2)NCCC3)CC1. The molecule has 1 fully saturated rings. The maximum absolute atomic E-state index is 13.2. The number of carbonyl (C=O) groups excluding carboxylic acids is 2. The molecule has 3 heterocycles. The predicted octanol–water partition coefficient (Wildman–Crippen LogP) is 5.65. The van der Waals surface area contributed by atoms with Gasteiger partial charge in [-0.05, 0) is 88.0 Å². The Morgan fingerprint density at radius 2 is 1.87 bits per heavy atom. The minimum atomic E-state index is -0.863. The Morgan fingerprint density at radius 3 is 2.60 bits per heavy atom. The Balaban J connectivity index is 1.23. The number of anilines is 3. The van der Waals surface area contributed by atoms with Crippen molar-refractivity contribution in [3.05, 3.63) is 77.1 Å². The lowest BCUT2D eigenvalue weighted by atomic mass is 9.87. The van der Waals surface area contributed by atoms with E-state index in [9.17, 15) is 9.59 Å². The number of nitrogens with one attached hydrogen (secondary N) is 3. The van der Waals surface area contributed by atoms with Crippen molar-refractivity contribution in [1.82, 2.24) is 15.3 Å². The van der Waals surface area contributed by atoms with E-state index in [4.69, 9.17) is 9.72 Å². The molecule has 0 radical (unpaired) electrons. The van der Waals surface area contributed by atoms with E-state index in [1.165, 1.54) is 23.2 Å². The third kappa shape index (κ3) is 8.74. The summed E-state index contributed by atoms with van der Waals surface area (Å²) in [6.07, 6.45) is 7.66. The number of aryl methyl sites for hydroxylation is 2. The van der Waals surface area contributed by atoms with E-state index in [1.54, 1.807) is 6.33 Å². The van der Waals surface area contributed by atoms with Gasteiger partial charge in [0.1, 0.15) is 29.6 Å². The fourth-order valence-corrected chi connectivity index (χ4v) is 6.24. The first-order valence-corrected chi connectivity index (χ1v) is 16.5. The van der Waals surface area contributed by atoms with Crippen molar-refractivity contribution in [1.29, 1.82) is 0 Å². The van der Waals surface area contributed by atoms with E-state index >= 15 is 0 Å². The van der Waals surface area contributed by atoms with Gasteiger partial charge in [-0.2, -0.15) is 0 Å². The molecule has 0 spiro atoms. The highest BCUT2D eigenvalue weighted by atomic mass is 16.6. The number of carbonyl (C=O) groups is 2. The van der Waals surface area contributed by atoms with E-state index < -0.39 is 17.6 Å². The number of amides is 1. The van der Waals surface area contributed by atoms with Crippen molar-refractivity contribution < 1.29 is 14.3 Å². The molecule has 3 N–H and O–H groups in total. The zero-order valence-electron chi connectivity index (χ0n) is 27.2. The normalized spacial score (nSPS) is 15.9. The summed E-state index contributed by atoms with van der Waals surface area (Å²) in [6, 6.07) is 16.0. The summed E-state index contributed by atoms with van der Waals surface area (Å²) >= 11 is 0. The minimum absolute atomic E-state index is 0.157. The molecule has 9 nitrogen and oxygen atoms in total. The summed E-state index contributed by atoms with van der Waals surface area (Å²) in [6.45, 7) is 10.6. The Kier molecular flexibility index (Phi) is 10.6. The van der Waals surface area contributed by atoms with Gasteiger partial charge in [0.15, 0.2) is 0 Å². The molecular formula is C36H48N6O3. The van der Waals surface area contributed by atoms with Gasteiger partial charge in [0.2, 0.25) is 5.91 Å². The smallest absolute Gasteiger partial charge is 0.331 e. The number of aromatic nitrogens is 2. The maximum Gasteiger partial charge on any atom is 0.331 e. The van der Waals surface area contributed by atoms with E-state index in [1.807, 2.05) is 51.1 Å². The summed E-state index contributed by atoms with van der Waals surface area (Å²) in [4.78, 5) is 37.7. The molecule has 0 saturated carbocycles. The number of hydrogen-bond acceptors (Lipinski definition) is 8. The highest BCUT2D eigenvalue weighted by Gasteiger charge is 2.28. The quantitative estimate of drug-likeness (QED) is 0.239. The van der Waals surface area contributed by atoms with Crippen molar-refractivity contribution >= 4 is 29.2 Å². The second-order valence-electron chi connectivity index (χ2n) is 13.1. The Labute approximate surface area is 267 Å². The highest BCUT2D eigenvalue weighted by molar-refractivity contribution is 5.85. The molecule has 0 bridgehead atoms. The molecule has 9 heteroatoms. The molecule has 2 aliphatic rings. The van der Waals surface area contributed by atoms with Gasteiger partial charge >= 0.3 is 5.97 Å². The van der Waals surface area contributed by atoms with E-state index in [-0.39, 0.29) is 18.9 Å². The zero-order chi connectivity index (χ0) is 31.8. The van der Waals surface area contributed by atoms with Crippen LogP contribution in [-0.2, 0) is 33.6 Å². The number of piperidine rings is 1. The largest absolute Gasteiger partial charge is 0.458 e. The van der Waals surface area contributed by atoms with Crippen LogP contribution in [0.15, 0.2) is 54.9 Å². The van der Waals surface area contributed by atoms with Crippen LogP contribution < -0.4 is 20.9 Å². The highest BCUT2D eigenvalue weighted by Crippen LogP contribution is 2.35. The zero-order valence-corrected chi connectivity index (χ0v) is 27.2. The van der Waals surface area contributed by atoms with Crippen molar-refractivity contribution in [3.63, 3.8) is 0 Å². The topological polar surface area (TPSA) is 108 Å². The second-order valence-corrected chi connectivity index (χ2v) is 13.1. The third-order valence-corrected chi connectivity index (χ3v) is 8.60. The maximum atomic E-state index is 13.2. The van der Waals surface area contributed by atoms with Crippen LogP contribution in [-0.4, -0.2) is 59.7 Å². The molecule has 45 heavy (non-hydrogen) atoms. The van der Waals surface area contributed by atoms with Gasteiger partial charge in [-0.1, -0.05) is 49.4 Å². The fourth-order valence-electron chi connectivity index (χ4n) is 6.24. The molecule has 1 aromatic heterocycles. The minimum Gasteiger partial charge on any atom is -0.458 e. The molecule has 0 aliphatic carbocycles. The number of benzene rings is 2. The van der Waals surface area contributed by atoms with Crippen LogP contribution >= 0.6 is 0 Å². The first kappa shape index (κ1) is 32.3. The standard InChI is InChI=1S/C36H48N6O3/c1-5-29-33(38-23-31(35(44)45-36(2,3)4)41-32(43)16-13-25-10-7-6-8-11-25)39-24-40-34(29)42-20-17-26(18-21-42)28-15-14-27-12-9-19-37-30(27)22-28/h6-8,10-11,14-15,22,24,26,31,37H,5,9,12-13,16-21,23H2,1-4H3,(H,41,43)(H,38,39,40)/t31-/m0/s1. The molecule has 1 atom stereocenters. The summed E-state index contributed by atoms with van der Waals surface area (Å²) in [5, 5.41) is 9.83. The molecule has 0 unspecified atom stereocenters. The third-order valence-electron chi connectivity index (χ3n) is 8.60. The molecule has 240 valence electrons. The van der Waals surface area contributed by atoms with Crippen molar-refractivity contribution in [3.8, 4) is 0 Å². The van der Waals surface area contributed by atoms with Crippen LogP contribution in [0.1, 0.15) is 81.5 Å². The number of rotatable bonds is 11. The van der Waals surface area contributed by atoms with Crippen LogP contribution in [0.3, 0.4) is 0 Å². The van der Waals surface area contributed by atoms with E-state index in [0.717, 1.165) is 62.3 Å². The Bertz CT molecular complexity index is 1450.